The minimum absolute atomic E-state index is 0.0672. The maximum atomic E-state index is 12.0. The first-order chi connectivity index (χ1) is 8.66. The lowest BCUT2D eigenvalue weighted by molar-refractivity contribution is 0.0950. The summed E-state index contributed by atoms with van der Waals surface area (Å²) >= 11 is 2.15. The third-order valence-corrected chi connectivity index (χ3v) is 3.46. The number of benzene rings is 2. The van der Waals surface area contributed by atoms with Crippen LogP contribution in [0.1, 0.15) is 15.9 Å². The molecule has 0 heterocycles. The van der Waals surface area contributed by atoms with Crippen LogP contribution in [0, 0.1) is 3.57 Å². The van der Waals surface area contributed by atoms with Crippen LogP contribution in [-0.2, 0) is 6.54 Å². The number of nitrogens with two attached hydrogens (primary N) is 1. The van der Waals surface area contributed by atoms with Crippen molar-refractivity contribution in [2.24, 2.45) is 0 Å². The highest BCUT2D eigenvalue weighted by molar-refractivity contribution is 14.1. The van der Waals surface area contributed by atoms with Crippen molar-refractivity contribution < 1.29 is 4.79 Å². The van der Waals surface area contributed by atoms with Gasteiger partial charge in [0.25, 0.3) is 5.91 Å². The van der Waals surface area contributed by atoms with Crippen molar-refractivity contribution >= 4 is 34.2 Å². The number of rotatable bonds is 3. The molecule has 1 amide bonds. The summed E-state index contributed by atoms with van der Waals surface area (Å²) < 4.78 is 0.945. The van der Waals surface area contributed by atoms with Gasteiger partial charge in [-0.25, -0.2) is 0 Å². The fraction of sp³-hybridized carbons (Fsp3) is 0.0714. The first kappa shape index (κ1) is 12.9. The Hall–Kier alpha value is -1.56. The predicted octanol–water partition coefficient (Wildman–Crippen LogP) is 2.80. The molecule has 0 aromatic heterocycles. The Balaban J connectivity index is 2.03. The molecule has 0 radical (unpaired) electrons. The van der Waals surface area contributed by atoms with Gasteiger partial charge in [0.2, 0.25) is 0 Å². The van der Waals surface area contributed by atoms with Crippen molar-refractivity contribution in [3.05, 3.63) is 63.2 Å². The lowest BCUT2D eigenvalue weighted by Crippen LogP contribution is -2.23. The molecule has 0 bridgehead atoms. The fourth-order valence-corrected chi connectivity index (χ4v) is 2.26. The number of amides is 1. The van der Waals surface area contributed by atoms with E-state index in [0.29, 0.717) is 17.8 Å². The third kappa shape index (κ3) is 3.22. The molecule has 18 heavy (non-hydrogen) atoms. The van der Waals surface area contributed by atoms with Gasteiger partial charge in [-0.2, -0.15) is 0 Å². The van der Waals surface area contributed by atoms with Crippen molar-refractivity contribution in [1.82, 2.24) is 5.32 Å². The summed E-state index contributed by atoms with van der Waals surface area (Å²) in [5, 5.41) is 2.88. The number of halogens is 1. The Labute approximate surface area is 120 Å². The topological polar surface area (TPSA) is 55.1 Å². The predicted molar refractivity (Wildman–Crippen MR) is 81.2 cm³/mol. The summed E-state index contributed by atoms with van der Waals surface area (Å²) in [6.45, 7) is 0.481. The Bertz CT molecular complexity index is 569. The molecule has 92 valence electrons. The van der Waals surface area contributed by atoms with Crippen LogP contribution in [0.2, 0.25) is 0 Å². The van der Waals surface area contributed by atoms with Gasteiger partial charge in [-0.15, -0.1) is 0 Å². The van der Waals surface area contributed by atoms with E-state index in [1.54, 1.807) is 0 Å². The maximum absolute atomic E-state index is 12.0. The smallest absolute Gasteiger partial charge is 0.252 e. The molecule has 0 aliphatic carbocycles. The number of hydrogen-bond acceptors (Lipinski definition) is 2. The SMILES string of the molecule is Nc1cccc(CNC(=O)c2ccccc2I)c1. The minimum Gasteiger partial charge on any atom is -0.399 e. The van der Waals surface area contributed by atoms with Gasteiger partial charge in [0, 0.05) is 15.8 Å². The zero-order chi connectivity index (χ0) is 13.0. The lowest BCUT2D eigenvalue weighted by atomic mass is 10.2. The van der Waals surface area contributed by atoms with E-state index in [2.05, 4.69) is 27.9 Å². The largest absolute Gasteiger partial charge is 0.399 e. The number of nitrogen functional groups attached to an aromatic ring is 1. The molecule has 0 aliphatic heterocycles. The van der Waals surface area contributed by atoms with Crippen LogP contribution in [0.25, 0.3) is 0 Å². The average molecular weight is 352 g/mol. The van der Waals surface area contributed by atoms with Gasteiger partial charge in [-0.1, -0.05) is 24.3 Å². The van der Waals surface area contributed by atoms with E-state index in [9.17, 15) is 4.79 Å². The third-order valence-electron chi connectivity index (χ3n) is 2.52. The summed E-state index contributed by atoms with van der Waals surface area (Å²) in [5.74, 6) is -0.0672. The minimum atomic E-state index is -0.0672. The van der Waals surface area contributed by atoms with Crippen molar-refractivity contribution in [1.29, 1.82) is 0 Å². The van der Waals surface area contributed by atoms with Gasteiger partial charge in [0.15, 0.2) is 0 Å². The molecular formula is C14H13IN2O. The van der Waals surface area contributed by atoms with E-state index < -0.39 is 0 Å². The molecule has 2 aromatic carbocycles. The number of nitrogens with one attached hydrogen (secondary N) is 1. The monoisotopic (exact) mass is 352 g/mol. The summed E-state index contributed by atoms with van der Waals surface area (Å²) in [6, 6.07) is 15.0. The van der Waals surface area contributed by atoms with Crippen LogP contribution in [-0.4, -0.2) is 5.91 Å². The molecule has 3 N–H and O–H groups in total. The zero-order valence-corrected chi connectivity index (χ0v) is 11.8. The summed E-state index contributed by atoms with van der Waals surface area (Å²) in [5.41, 5.74) is 8.08. The number of carbonyl (C=O) groups is 1. The van der Waals surface area contributed by atoms with Crippen LogP contribution in [0.5, 0.6) is 0 Å². The molecule has 0 unspecified atom stereocenters. The lowest BCUT2D eigenvalue weighted by Gasteiger charge is -2.07. The molecular weight excluding hydrogens is 339 g/mol. The first-order valence-electron chi connectivity index (χ1n) is 5.54. The molecule has 4 heteroatoms. The van der Waals surface area contributed by atoms with E-state index in [1.807, 2.05) is 48.5 Å². The van der Waals surface area contributed by atoms with Crippen molar-refractivity contribution in [2.75, 3.05) is 5.73 Å². The second-order valence-electron chi connectivity index (χ2n) is 3.91. The highest BCUT2D eigenvalue weighted by Gasteiger charge is 2.08. The molecule has 3 nitrogen and oxygen atoms in total. The number of hydrogen-bond donors (Lipinski definition) is 2. The van der Waals surface area contributed by atoms with Gasteiger partial charge >= 0.3 is 0 Å². The van der Waals surface area contributed by atoms with E-state index in [0.717, 1.165) is 9.13 Å². The fourth-order valence-electron chi connectivity index (χ4n) is 1.63. The summed E-state index contributed by atoms with van der Waals surface area (Å²) in [4.78, 5) is 12.0. The standard InChI is InChI=1S/C14H13IN2O/c15-13-7-2-1-6-12(13)14(18)17-9-10-4-3-5-11(16)8-10/h1-8H,9,16H2,(H,17,18). The second kappa shape index (κ2) is 5.86. The van der Waals surface area contributed by atoms with E-state index in [4.69, 9.17) is 5.73 Å². The molecule has 0 fully saturated rings. The van der Waals surface area contributed by atoms with Gasteiger partial charge in [-0.3, -0.25) is 4.79 Å². The van der Waals surface area contributed by atoms with Crippen molar-refractivity contribution in [2.45, 2.75) is 6.54 Å². The Morgan fingerprint density at radius 3 is 2.67 bits per heavy atom. The van der Waals surface area contributed by atoms with Gasteiger partial charge in [0.1, 0.15) is 0 Å². The Morgan fingerprint density at radius 2 is 1.94 bits per heavy atom. The zero-order valence-electron chi connectivity index (χ0n) is 9.69. The second-order valence-corrected chi connectivity index (χ2v) is 5.07. The maximum Gasteiger partial charge on any atom is 0.252 e. The van der Waals surface area contributed by atoms with Crippen molar-refractivity contribution in [3.63, 3.8) is 0 Å². The highest BCUT2D eigenvalue weighted by Crippen LogP contribution is 2.12. The highest BCUT2D eigenvalue weighted by atomic mass is 127. The van der Waals surface area contributed by atoms with Gasteiger partial charge in [-0.05, 0) is 52.4 Å². The molecule has 2 aromatic rings. The molecule has 0 spiro atoms. The summed E-state index contributed by atoms with van der Waals surface area (Å²) in [6.07, 6.45) is 0. The Kier molecular flexibility index (Phi) is 4.19. The normalized spacial score (nSPS) is 10.1. The average Bonchev–Trinajstić information content (AvgIpc) is 2.37. The number of carbonyl (C=O) groups excluding carboxylic acids is 1. The summed E-state index contributed by atoms with van der Waals surface area (Å²) in [7, 11) is 0. The molecule has 0 saturated carbocycles. The molecule has 2 rings (SSSR count). The molecule has 0 saturated heterocycles. The van der Waals surface area contributed by atoms with E-state index in [1.165, 1.54) is 0 Å². The van der Waals surface area contributed by atoms with E-state index in [-0.39, 0.29) is 5.91 Å². The van der Waals surface area contributed by atoms with Crippen LogP contribution in [0.3, 0.4) is 0 Å². The van der Waals surface area contributed by atoms with Crippen LogP contribution >= 0.6 is 22.6 Å². The molecule has 0 aliphatic rings. The molecule has 0 atom stereocenters. The van der Waals surface area contributed by atoms with Crippen LogP contribution in [0.4, 0.5) is 5.69 Å². The quantitative estimate of drug-likeness (QED) is 0.659. The van der Waals surface area contributed by atoms with Crippen molar-refractivity contribution in [3.8, 4) is 0 Å². The first-order valence-corrected chi connectivity index (χ1v) is 6.62. The van der Waals surface area contributed by atoms with Crippen LogP contribution < -0.4 is 11.1 Å². The number of anilines is 1. The van der Waals surface area contributed by atoms with Gasteiger partial charge in [0.05, 0.1) is 5.56 Å². The Morgan fingerprint density at radius 1 is 1.17 bits per heavy atom. The van der Waals surface area contributed by atoms with E-state index >= 15 is 0 Å². The van der Waals surface area contributed by atoms with Crippen LogP contribution in [0.15, 0.2) is 48.5 Å². The van der Waals surface area contributed by atoms with Gasteiger partial charge < -0.3 is 11.1 Å².